The number of carboxylic acids is 1. The van der Waals surface area contributed by atoms with Gasteiger partial charge < -0.3 is 10.2 Å². The minimum absolute atomic E-state index is 0.0147. The Morgan fingerprint density at radius 3 is 2.67 bits per heavy atom. The fraction of sp³-hybridized carbons (Fsp3) is 0.350. The molecule has 4 rings (SSSR count). The van der Waals surface area contributed by atoms with Crippen molar-refractivity contribution in [1.29, 1.82) is 0 Å². The highest BCUT2D eigenvalue weighted by atomic mass is 32.2. The molecule has 1 saturated heterocycles. The third-order valence-corrected chi connectivity index (χ3v) is 7.29. The Morgan fingerprint density at radius 1 is 1.23 bits per heavy atom. The third-order valence-electron chi connectivity index (χ3n) is 5.47. The highest BCUT2D eigenvalue weighted by Gasteiger charge is 2.39. The first-order chi connectivity index (χ1) is 14.2. The van der Waals surface area contributed by atoms with Gasteiger partial charge in [-0.15, -0.1) is 0 Å². The highest BCUT2D eigenvalue weighted by molar-refractivity contribution is 7.89. The summed E-state index contributed by atoms with van der Waals surface area (Å²) in [5.41, 5.74) is 2.28. The maximum atomic E-state index is 13.0. The topological polar surface area (TPSA) is 126 Å². The number of hydrogen-bond acceptors (Lipinski definition) is 6. The lowest BCUT2D eigenvalue weighted by Crippen LogP contribution is -2.29. The molecule has 0 unspecified atom stereocenters. The van der Waals surface area contributed by atoms with Crippen molar-refractivity contribution in [3.63, 3.8) is 0 Å². The molecule has 0 amide bonds. The molecular formula is C20H22N4O5S. The summed E-state index contributed by atoms with van der Waals surface area (Å²) in [5.74, 6) is -1.25. The molecule has 10 heteroatoms. The van der Waals surface area contributed by atoms with Crippen LogP contribution < -0.4 is 0 Å². The molecule has 1 aromatic carbocycles. The van der Waals surface area contributed by atoms with Gasteiger partial charge in [-0.3, -0.25) is 9.48 Å². The van der Waals surface area contributed by atoms with Crippen LogP contribution in [0.3, 0.4) is 0 Å². The van der Waals surface area contributed by atoms with Gasteiger partial charge in [0.2, 0.25) is 15.9 Å². The second-order valence-electron chi connectivity index (χ2n) is 7.70. The van der Waals surface area contributed by atoms with Crippen LogP contribution in [0.1, 0.15) is 24.2 Å². The van der Waals surface area contributed by atoms with Gasteiger partial charge in [-0.25, -0.2) is 13.4 Å². The first-order valence-corrected chi connectivity index (χ1v) is 11.0. The molecule has 1 aliphatic rings. The molecule has 0 radical (unpaired) electrons. The number of rotatable bonds is 5. The predicted octanol–water partition coefficient (Wildman–Crippen LogP) is 1.95. The molecule has 0 aliphatic carbocycles. The van der Waals surface area contributed by atoms with Gasteiger partial charge in [-0.1, -0.05) is 19.1 Å². The number of aliphatic carboxylic acids is 1. The van der Waals surface area contributed by atoms with Gasteiger partial charge in [0.1, 0.15) is 4.90 Å². The van der Waals surface area contributed by atoms with Gasteiger partial charge in [-0.05, 0) is 30.5 Å². The lowest BCUT2D eigenvalue weighted by molar-refractivity contribution is -0.136. The normalized spacial score (nSPS) is 20.1. The van der Waals surface area contributed by atoms with Crippen LogP contribution in [-0.4, -0.2) is 56.8 Å². The zero-order valence-electron chi connectivity index (χ0n) is 16.6. The third kappa shape index (κ3) is 3.52. The average Bonchev–Trinajstić information content (AvgIpc) is 3.22. The average molecular weight is 430 g/mol. The molecule has 9 nitrogen and oxygen atoms in total. The Hall–Kier alpha value is -2.98. The molecule has 30 heavy (non-hydrogen) atoms. The van der Waals surface area contributed by atoms with E-state index < -0.39 is 16.0 Å². The van der Waals surface area contributed by atoms with Crippen molar-refractivity contribution in [2.75, 3.05) is 13.1 Å². The Bertz CT molecular complexity index is 1220. The quantitative estimate of drug-likeness (QED) is 0.634. The van der Waals surface area contributed by atoms with E-state index in [0.29, 0.717) is 12.2 Å². The van der Waals surface area contributed by atoms with E-state index in [4.69, 9.17) is 0 Å². The second kappa shape index (κ2) is 7.37. The number of sulfonamides is 1. The molecule has 2 atom stereocenters. The van der Waals surface area contributed by atoms with Crippen molar-refractivity contribution >= 4 is 26.9 Å². The number of carbonyl (C=O) groups is 1. The molecular weight excluding hydrogens is 408 g/mol. The van der Waals surface area contributed by atoms with Crippen LogP contribution in [0.15, 0.2) is 41.4 Å². The van der Waals surface area contributed by atoms with Crippen LogP contribution in [0.25, 0.3) is 10.9 Å². The van der Waals surface area contributed by atoms with E-state index in [-0.39, 0.29) is 35.7 Å². The molecule has 2 N–H and O–H groups in total. The number of carboxylic acid groups (broad SMARTS) is 1. The summed E-state index contributed by atoms with van der Waals surface area (Å²) in [5, 5.41) is 23.9. The summed E-state index contributed by atoms with van der Waals surface area (Å²) in [6.07, 6.45) is 0.940. The molecule has 3 aromatic rings. The Kier molecular flexibility index (Phi) is 4.99. The van der Waals surface area contributed by atoms with E-state index in [1.165, 1.54) is 16.4 Å². The predicted molar refractivity (Wildman–Crippen MR) is 109 cm³/mol. The standard InChI is InChI=1S/C20H22N4O5S/c1-12-3-5-15-16(8-20(26)27)22-24(17(15)7-12)18-11-23(10-13(18)2)30(28,29)14-4-6-19(25)21-9-14/h3-7,9,13,18H,8,10-11H2,1-2H3,(H,21,25)(H,26,27)/t13-,18+/m1/s1. The second-order valence-corrected chi connectivity index (χ2v) is 9.64. The highest BCUT2D eigenvalue weighted by Crippen LogP contribution is 2.34. The van der Waals surface area contributed by atoms with E-state index in [1.807, 2.05) is 32.0 Å². The van der Waals surface area contributed by atoms with Crippen molar-refractivity contribution in [2.24, 2.45) is 5.92 Å². The lowest BCUT2D eigenvalue weighted by atomic mass is 10.1. The zero-order chi connectivity index (χ0) is 21.6. The number of nitrogens with zero attached hydrogens (tertiary/aromatic N) is 4. The van der Waals surface area contributed by atoms with Crippen molar-refractivity contribution in [2.45, 2.75) is 31.2 Å². The molecule has 158 valence electrons. The summed E-state index contributed by atoms with van der Waals surface area (Å²) >= 11 is 0. The van der Waals surface area contributed by atoms with Crippen LogP contribution in [0, 0.1) is 12.8 Å². The van der Waals surface area contributed by atoms with E-state index in [9.17, 15) is 23.4 Å². The van der Waals surface area contributed by atoms with E-state index in [1.54, 1.807) is 4.68 Å². The van der Waals surface area contributed by atoms with Gasteiger partial charge in [0, 0.05) is 24.5 Å². The van der Waals surface area contributed by atoms with Crippen LogP contribution >= 0.6 is 0 Å². The SMILES string of the molecule is Cc1ccc2c(CC(=O)O)nn([C@H]3CN(S(=O)(=O)c4ccc(O)nc4)C[C@H]3C)c2c1. The Morgan fingerprint density at radius 2 is 2.00 bits per heavy atom. The fourth-order valence-electron chi connectivity index (χ4n) is 3.93. The van der Waals surface area contributed by atoms with Gasteiger partial charge >= 0.3 is 5.97 Å². The summed E-state index contributed by atoms with van der Waals surface area (Å²) in [6, 6.07) is 8.05. The van der Waals surface area contributed by atoms with Crippen molar-refractivity contribution in [3.8, 4) is 5.88 Å². The summed E-state index contributed by atoms with van der Waals surface area (Å²) in [4.78, 5) is 15.0. The molecule has 0 saturated carbocycles. The summed E-state index contributed by atoms with van der Waals surface area (Å²) in [7, 11) is -3.78. The number of aromatic hydroxyl groups is 1. The molecule has 1 fully saturated rings. The molecule has 1 aliphatic heterocycles. The number of pyridine rings is 1. The van der Waals surface area contributed by atoms with Gasteiger partial charge in [0.15, 0.2) is 0 Å². The minimum atomic E-state index is -3.78. The van der Waals surface area contributed by atoms with E-state index in [0.717, 1.165) is 22.7 Å². The fourth-order valence-corrected chi connectivity index (χ4v) is 5.44. The van der Waals surface area contributed by atoms with Gasteiger partial charge in [-0.2, -0.15) is 9.40 Å². The van der Waals surface area contributed by atoms with Crippen LogP contribution in [0.2, 0.25) is 0 Å². The molecule has 3 heterocycles. The van der Waals surface area contributed by atoms with E-state index >= 15 is 0 Å². The van der Waals surface area contributed by atoms with Crippen LogP contribution in [0.5, 0.6) is 5.88 Å². The Labute approximate surface area is 173 Å². The number of fused-ring (bicyclic) bond motifs is 1. The Balaban J connectivity index is 1.72. The summed E-state index contributed by atoms with van der Waals surface area (Å²) in [6.45, 7) is 4.41. The minimum Gasteiger partial charge on any atom is -0.493 e. The maximum Gasteiger partial charge on any atom is 0.309 e. The zero-order valence-corrected chi connectivity index (χ0v) is 17.4. The number of aryl methyl sites for hydroxylation is 1. The summed E-state index contributed by atoms with van der Waals surface area (Å²) < 4.78 is 29.2. The van der Waals surface area contributed by atoms with Gasteiger partial charge in [0.25, 0.3) is 0 Å². The molecule has 2 aromatic heterocycles. The monoisotopic (exact) mass is 430 g/mol. The first kappa shape index (κ1) is 20.3. The smallest absolute Gasteiger partial charge is 0.309 e. The largest absolute Gasteiger partial charge is 0.493 e. The van der Waals surface area contributed by atoms with E-state index in [2.05, 4.69) is 10.1 Å². The number of benzene rings is 1. The van der Waals surface area contributed by atoms with Crippen molar-refractivity contribution in [3.05, 3.63) is 47.8 Å². The van der Waals surface area contributed by atoms with Crippen LogP contribution in [0.4, 0.5) is 0 Å². The van der Waals surface area contributed by atoms with Crippen molar-refractivity contribution in [1.82, 2.24) is 19.1 Å². The first-order valence-electron chi connectivity index (χ1n) is 9.51. The van der Waals surface area contributed by atoms with Crippen molar-refractivity contribution < 1.29 is 23.4 Å². The number of hydrogen-bond donors (Lipinski definition) is 2. The molecule has 0 spiro atoms. The lowest BCUT2D eigenvalue weighted by Gasteiger charge is -2.17. The van der Waals surface area contributed by atoms with Crippen LogP contribution in [-0.2, 0) is 21.2 Å². The number of aromatic nitrogens is 3. The molecule has 0 bridgehead atoms. The maximum absolute atomic E-state index is 13.0. The van der Waals surface area contributed by atoms with Gasteiger partial charge in [0.05, 0.1) is 29.9 Å².